The zero-order chi connectivity index (χ0) is 17.5. The van der Waals surface area contributed by atoms with Gasteiger partial charge >= 0.3 is 0 Å². The number of amides is 1. The highest BCUT2D eigenvalue weighted by atomic mass is 35.5. The van der Waals surface area contributed by atoms with E-state index in [-0.39, 0.29) is 35.7 Å². The van der Waals surface area contributed by atoms with Gasteiger partial charge in [-0.2, -0.15) is 0 Å². The fourth-order valence-corrected chi connectivity index (χ4v) is 2.59. The van der Waals surface area contributed by atoms with Crippen LogP contribution in [0.2, 0.25) is 5.02 Å². The summed E-state index contributed by atoms with van der Waals surface area (Å²) in [4.78, 5) is 22.4. The van der Waals surface area contributed by atoms with Gasteiger partial charge in [-0.05, 0) is 17.5 Å². The third-order valence-corrected chi connectivity index (χ3v) is 3.91. The van der Waals surface area contributed by atoms with Crippen molar-refractivity contribution in [1.29, 1.82) is 0 Å². The molecular weight excluding hydrogens is 332 g/mol. The van der Waals surface area contributed by atoms with E-state index in [1.165, 1.54) is 18.2 Å². The third-order valence-electron chi connectivity index (χ3n) is 3.55. The van der Waals surface area contributed by atoms with E-state index >= 15 is 0 Å². The van der Waals surface area contributed by atoms with Crippen molar-refractivity contribution in [3.8, 4) is 0 Å². The molecule has 0 fully saturated rings. The zero-order valence-corrected chi connectivity index (χ0v) is 13.6. The van der Waals surface area contributed by atoms with Crippen LogP contribution in [0.25, 0.3) is 0 Å². The predicted molar refractivity (Wildman–Crippen MR) is 90.8 cm³/mol. The van der Waals surface area contributed by atoms with E-state index in [2.05, 4.69) is 5.32 Å². The van der Waals surface area contributed by atoms with Crippen molar-refractivity contribution >= 4 is 23.2 Å². The second-order valence-electron chi connectivity index (χ2n) is 5.25. The first kappa shape index (κ1) is 17.9. The van der Waals surface area contributed by atoms with Gasteiger partial charge in [-0.3, -0.25) is 14.9 Å². The largest absolute Gasteiger partial charge is 0.396 e. The molecular formula is C17H17ClN2O4. The van der Waals surface area contributed by atoms with E-state index in [0.717, 1.165) is 5.56 Å². The molecule has 0 aromatic heterocycles. The van der Waals surface area contributed by atoms with E-state index < -0.39 is 4.92 Å². The molecule has 1 unspecified atom stereocenters. The third kappa shape index (κ3) is 4.78. The molecule has 126 valence electrons. The van der Waals surface area contributed by atoms with Crippen LogP contribution < -0.4 is 5.32 Å². The molecule has 0 aliphatic heterocycles. The first-order valence-corrected chi connectivity index (χ1v) is 7.77. The van der Waals surface area contributed by atoms with Crippen LogP contribution in [0.15, 0.2) is 48.5 Å². The summed E-state index contributed by atoms with van der Waals surface area (Å²) >= 11 is 6.01. The molecule has 0 saturated heterocycles. The number of halogens is 1. The number of aliphatic hydroxyl groups excluding tert-OH is 1. The molecule has 7 heteroatoms. The Balaban J connectivity index is 2.07. The first-order chi connectivity index (χ1) is 11.5. The highest BCUT2D eigenvalue weighted by Crippen LogP contribution is 2.23. The molecule has 0 radical (unpaired) electrons. The molecule has 0 heterocycles. The number of nitro benzene ring substituents is 1. The van der Waals surface area contributed by atoms with Crippen molar-refractivity contribution in [2.75, 3.05) is 6.61 Å². The topological polar surface area (TPSA) is 92.5 Å². The number of nitrogens with one attached hydrogen (secondary N) is 1. The second-order valence-corrected chi connectivity index (χ2v) is 5.66. The molecule has 2 aromatic rings. The van der Waals surface area contributed by atoms with Crippen molar-refractivity contribution in [2.24, 2.45) is 0 Å². The molecule has 6 nitrogen and oxygen atoms in total. The zero-order valence-electron chi connectivity index (χ0n) is 12.8. The minimum Gasteiger partial charge on any atom is -0.396 e. The van der Waals surface area contributed by atoms with Gasteiger partial charge < -0.3 is 10.4 Å². The number of carbonyl (C=O) groups excluding carboxylic acids is 1. The van der Waals surface area contributed by atoms with Crippen LogP contribution in [0.3, 0.4) is 0 Å². The summed E-state index contributed by atoms with van der Waals surface area (Å²) in [5.41, 5.74) is 1.29. The number of non-ortho nitro benzene ring substituents is 1. The van der Waals surface area contributed by atoms with Crippen molar-refractivity contribution in [2.45, 2.75) is 18.9 Å². The normalized spacial score (nSPS) is 11.8. The lowest BCUT2D eigenvalue weighted by atomic mass is 10.0. The van der Waals surface area contributed by atoms with Crippen LogP contribution >= 0.6 is 11.6 Å². The number of nitrogens with zero attached hydrogens (tertiary/aromatic N) is 1. The van der Waals surface area contributed by atoms with Gasteiger partial charge in [-0.25, -0.2) is 0 Å². The van der Waals surface area contributed by atoms with Crippen LogP contribution in [0.5, 0.6) is 0 Å². The summed E-state index contributed by atoms with van der Waals surface area (Å²) in [5, 5.41) is 22.9. The Kier molecular flexibility index (Phi) is 6.28. The fraction of sp³-hybridized carbons (Fsp3) is 0.235. The van der Waals surface area contributed by atoms with Gasteiger partial charge in [-0.1, -0.05) is 48.0 Å². The molecule has 2 aromatic carbocycles. The quantitative estimate of drug-likeness (QED) is 0.594. The number of nitro groups is 1. The average Bonchev–Trinajstić information content (AvgIpc) is 2.57. The Morgan fingerprint density at radius 2 is 1.96 bits per heavy atom. The number of hydrogen-bond acceptors (Lipinski definition) is 4. The highest BCUT2D eigenvalue weighted by molar-refractivity contribution is 6.31. The molecule has 0 aliphatic rings. The molecule has 0 saturated carbocycles. The molecule has 0 spiro atoms. The second kappa shape index (κ2) is 8.42. The molecule has 1 amide bonds. The Labute approximate surface area is 144 Å². The summed E-state index contributed by atoms with van der Waals surface area (Å²) in [7, 11) is 0. The van der Waals surface area contributed by atoms with E-state index in [0.29, 0.717) is 12.0 Å². The number of rotatable bonds is 7. The molecule has 2 N–H and O–H groups in total. The monoisotopic (exact) mass is 348 g/mol. The SMILES string of the molecule is O=C(Cc1ccc([N+](=O)[O-])cc1Cl)NC(CCO)c1ccccc1. The minimum atomic E-state index is -0.539. The fourth-order valence-electron chi connectivity index (χ4n) is 2.35. The number of aliphatic hydroxyl groups is 1. The maximum absolute atomic E-state index is 12.3. The summed E-state index contributed by atoms with van der Waals surface area (Å²) in [6.45, 7) is -0.0574. The van der Waals surface area contributed by atoms with E-state index in [4.69, 9.17) is 11.6 Å². The lowest BCUT2D eigenvalue weighted by Gasteiger charge is -2.18. The van der Waals surface area contributed by atoms with Crippen LogP contribution in [-0.4, -0.2) is 22.5 Å². The van der Waals surface area contributed by atoms with E-state index in [1.54, 1.807) is 0 Å². The van der Waals surface area contributed by atoms with Gasteiger partial charge in [0.2, 0.25) is 5.91 Å². The summed E-state index contributed by atoms with van der Waals surface area (Å²) in [6.07, 6.45) is 0.398. The van der Waals surface area contributed by atoms with Gasteiger partial charge in [0.25, 0.3) is 5.69 Å². The Hall–Kier alpha value is -2.44. The van der Waals surface area contributed by atoms with Gasteiger partial charge in [0.05, 0.1) is 22.4 Å². The van der Waals surface area contributed by atoms with Gasteiger partial charge in [-0.15, -0.1) is 0 Å². The van der Waals surface area contributed by atoms with Crippen LogP contribution in [0, 0.1) is 10.1 Å². The standard InChI is InChI=1S/C17H17ClN2O4/c18-15-11-14(20(23)24)7-6-13(15)10-17(22)19-16(8-9-21)12-4-2-1-3-5-12/h1-7,11,16,21H,8-10H2,(H,19,22). The lowest BCUT2D eigenvalue weighted by Crippen LogP contribution is -2.30. The first-order valence-electron chi connectivity index (χ1n) is 7.39. The maximum Gasteiger partial charge on any atom is 0.270 e. The van der Waals surface area contributed by atoms with Crippen molar-refractivity contribution in [3.05, 3.63) is 74.8 Å². The summed E-state index contributed by atoms with van der Waals surface area (Å²) in [5.74, 6) is -0.270. The van der Waals surface area contributed by atoms with E-state index in [1.807, 2.05) is 30.3 Å². The lowest BCUT2D eigenvalue weighted by molar-refractivity contribution is -0.384. The molecule has 1 atom stereocenters. The summed E-state index contributed by atoms with van der Waals surface area (Å²) < 4.78 is 0. The van der Waals surface area contributed by atoms with Gasteiger partial charge in [0.1, 0.15) is 0 Å². The maximum atomic E-state index is 12.3. The molecule has 24 heavy (non-hydrogen) atoms. The molecule has 0 aliphatic carbocycles. The Morgan fingerprint density at radius 1 is 1.25 bits per heavy atom. The summed E-state index contributed by atoms with van der Waals surface area (Å²) in [6, 6.07) is 13.1. The molecule has 0 bridgehead atoms. The van der Waals surface area contributed by atoms with Crippen LogP contribution in [-0.2, 0) is 11.2 Å². The average molecular weight is 349 g/mol. The van der Waals surface area contributed by atoms with E-state index in [9.17, 15) is 20.0 Å². The number of benzene rings is 2. The Bertz CT molecular complexity index is 722. The van der Waals surface area contributed by atoms with Crippen LogP contribution in [0.4, 0.5) is 5.69 Å². The highest BCUT2D eigenvalue weighted by Gasteiger charge is 2.16. The van der Waals surface area contributed by atoms with Gasteiger partial charge in [0, 0.05) is 18.7 Å². The smallest absolute Gasteiger partial charge is 0.270 e. The number of carbonyl (C=O) groups is 1. The Morgan fingerprint density at radius 3 is 2.54 bits per heavy atom. The van der Waals surface area contributed by atoms with Gasteiger partial charge in [0.15, 0.2) is 0 Å². The predicted octanol–water partition coefficient (Wildman–Crippen LogP) is 3.03. The van der Waals surface area contributed by atoms with Crippen molar-refractivity contribution in [1.82, 2.24) is 5.32 Å². The minimum absolute atomic E-state index is 0.00555. The van der Waals surface area contributed by atoms with Crippen molar-refractivity contribution < 1.29 is 14.8 Å². The van der Waals surface area contributed by atoms with Crippen molar-refractivity contribution in [3.63, 3.8) is 0 Å². The molecule has 2 rings (SSSR count). The number of hydrogen-bond donors (Lipinski definition) is 2. The van der Waals surface area contributed by atoms with Crippen LogP contribution in [0.1, 0.15) is 23.6 Å².